The molecule has 0 aliphatic heterocycles. The molecule has 144 valence electrons. The molecule has 6 heteroatoms. The number of amides is 2. The first kappa shape index (κ1) is 20.5. The number of anilines is 1. The van der Waals surface area contributed by atoms with Crippen LogP contribution in [0.4, 0.5) is 5.69 Å². The van der Waals surface area contributed by atoms with Gasteiger partial charge in [0.2, 0.25) is 5.91 Å². The molecule has 2 aromatic rings. The van der Waals surface area contributed by atoms with Gasteiger partial charge in [0.15, 0.2) is 0 Å². The van der Waals surface area contributed by atoms with Crippen LogP contribution in [-0.4, -0.2) is 32.0 Å². The Bertz CT molecular complexity index is 777. The van der Waals surface area contributed by atoms with Gasteiger partial charge in [-0.25, -0.2) is 0 Å². The summed E-state index contributed by atoms with van der Waals surface area (Å²) < 4.78 is 5.37. The molecule has 0 radical (unpaired) electrons. The fraction of sp³-hybridized carbons (Fsp3) is 0.333. The average Bonchev–Trinajstić information content (AvgIpc) is 2.66. The van der Waals surface area contributed by atoms with Crippen molar-refractivity contribution in [1.82, 2.24) is 5.32 Å². The minimum Gasteiger partial charge on any atom is -0.496 e. The maximum absolute atomic E-state index is 12.5. The fourth-order valence-electron chi connectivity index (χ4n) is 2.91. The highest BCUT2D eigenvalue weighted by Crippen LogP contribution is 2.23. The molecule has 2 rings (SSSR count). The molecule has 0 saturated heterocycles. The highest BCUT2D eigenvalue weighted by molar-refractivity contribution is 6.03. The molecule has 27 heavy (non-hydrogen) atoms. The van der Waals surface area contributed by atoms with Crippen LogP contribution in [0.2, 0.25) is 0 Å². The standard InChI is InChI=1S/C21H27N3O3/c1-15(13-16-7-3-6-10-19(16)27-2)14-20(25)24-18-9-5-4-8-17(18)21(26)23-12-11-22/h3-10,15H,11-14,22H2,1-2H3,(H,23,26)(H,24,25). The predicted molar refractivity (Wildman–Crippen MR) is 107 cm³/mol. The van der Waals surface area contributed by atoms with E-state index in [2.05, 4.69) is 10.6 Å². The van der Waals surface area contributed by atoms with Gasteiger partial charge in [-0.3, -0.25) is 9.59 Å². The molecule has 0 heterocycles. The van der Waals surface area contributed by atoms with Gasteiger partial charge in [-0.15, -0.1) is 0 Å². The van der Waals surface area contributed by atoms with E-state index in [0.717, 1.165) is 17.7 Å². The first-order valence-corrected chi connectivity index (χ1v) is 9.04. The van der Waals surface area contributed by atoms with Crippen LogP contribution in [0.1, 0.15) is 29.3 Å². The molecule has 1 unspecified atom stereocenters. The lowest BCUT2D eigenvalue weighted by molar-refractivity contribution is -0.116. The van der Waals surface area contributed by atoms with Crippen LogP contribution in [0.3, 0.4) is 0 Å². The second kappa shape index (κ2) is 10.3. The number of methoxy groups -OCH3 is 1. The van der Waals surface area contributed by atoms with E-state index in [0.29, 0.717) is 30.8 Å². The van der Waals surface area contributed by atoms with Crippen molar-refractivity contribution >= 4 is 17.5 Å². The van der Waals surface area contributed by atoms with Crippen molar-refractivity contribution in [2.24, 2.45) is 11.7 Å². The number of para-hydroxylation sites is 2. The molecule has 0 spiro atoms. The first-order chi connectivity index (χ1) is 13.0. The topological polar surface area (TPSA) is 93.4 Å². The number of rotatable bonds is 9. The third kappa shape index (κ3) is 6.11. The van der Waals surface area contributed by atoms with Gasteiger partial charge in [0.05, 0.1) is 18.4 Å². The number of ether oxygens (including phenoxy) is 1. The fourth-order valence-corrected chi connectivity index (χ4v) is 2.91. The third-order valence-corrected chi connectivity index (χ3v) is 4.17. The molecule has 0 aliphatic rings. The van der Waals surface area contributed by atoms with E-state index < -0.39 is 0 Å². The van der Waals surface area contributed by atoms with E-state index >= 15 is 0 Å². The summed E-state index contributed by atoms with van der Waals surface area (Å²) in [7, 11) is 1.64. The zero-order chi connectivity index (χ0) is 19.6. The van der Waals surface area contributed by atoms with Crippen molar-refractivity contribution in [1.29, 1.82) is 0 Å². The van der Waals surface area contributed by atoms with Crippen LogP contribution in [0.5, 0.6) is 5.75 Å². The summed E-state index contributed by atoms with van der Waals surface area (Å²) >= 11 is 0. The zero-order valence-corrected chi connectivity index (χ0v) is 15.8. The average molecular weight is 369 g/mol. The minimum atomic E-state index is -0.251. The number of carbonyl (C=O) groups is 2. The summed E-state index contributed by atoms with van der Waals surface area (Å²) in [6, 6.07) is 14.8. The summed E-state index contributed by atoms with van der Waals surface area (Å²) in [5.41, 5.74) is 7.42. The van der Waals surface area contributed by atoms with E-state index in [4.69, 9.17) is 10.5 Å². The Morgan fingerprint density at radius 2 is 1.81 bits per heavy atom. The molecule has 0 aliphatic carbocycles. The smallest absolute Gasteiger partial charge is 0.253 e. The molecule has 0 aromatic heterocycles. The number of benzene rings is 2. The molecular formula is C21H27N3O3. The lowest BCUT2D eigenvalue weighted by atomic mass is 9.97. The van der Waals surface area contributed by atoms with Gasteiger partial charge in [0.25, 0.3) is 5.91 Å². The van der Waals surface area contributed by atoms with Crippen LogP contribution in [0.15, 0.2) is 48.5 Å². The number of hydrogen-bond donors (Lipinski definition) is 3. The van der Waals surface area contributed by atoms with E-state index in [-0.39, 0.29) is 17.7 Å². The number of carbonyl (C=O) groups excluding carboxylic acids is 2. The highest BCUT2D eigenvalue weighted by atomic mass is 16.5. The van der Waals surface area contributed by atoms with Gasteiger partial charge in [0.1, 0.15) is 5.75 Å². The summed E-state index contributed by atoms with van der Waals surface area (Å²) in [5.74, 6) is 0.570. The Balaban J connectivity index is 1.98. The molecule has 0 bridgehead atoms. The normalized spacial score (nSPS) is 11.5. The maximum Gasteiger partial charge on any atom is 0.253 e. The first-order valence-electron chi connectivity index (χ1n) is 9.04. The van der Waals surface area contributed by atoms with Crippen LogP contribution >= 0.6 is 0 Å². The van der Waals surface area contributed by atoms with Crippen molar-refractivity contribution in [3.8, 4) is 5.75 Å². The van der Waals surface area contributed by atoms with Crippen molar-refractivity contribution in [2.45, 2.75) is 19.8 Å². The van der Waals surface area contributed by atoms with Crippen LogP contribution in [-0.2, 0) is 11.2 Å². The summed E-state index contributed by atoms with van der Waals surface area (Å²) in [6.45, 7) is 2.77. The Kier molecular flexibility index (Phi) is 7.82. The molecule has 4 N–H and O–H groups in total. The zero-order valence-electron chi connectivity index (χ0n) is 15.8. The minimum absolute atomic E-state index is 0.125. The molecule has 1 atom stereocenters. The Morgan fingerprint density at radius 3 is 2.56 bits per heavy atom. The van der Waals surface area contributed by atoms with Crippen molar-refractivity contribution < 1.29 is 14.3 Å². The molecule has 0 saturated carbocycles. The molecule has 2 amide bonds. The predicted octanol–water partition coefficient (Wildman–Crippen LogP) is 2.59. The van der Waals surface area contributed by atoms with Crippen molar-refractivity contribution in [3.63, 3.8) is 0 Å². The number of nitrogens with one attached hydrogen (secondary N) is 2. The lowest BCUT2D eigenvalue weighted by Gasteiger charge is -2.15. The van der Waals surface area contributed by atoms with Gasteiger partial charge < -0.3 is 21.1 Å². The van der Waals surface area contributed by atoms with E-state index in [1.807, 2.05) is 31.2 Å². The van der Waals surface area contributed by atoms with Crippen LogP contribution in [0, 0.1) is 5.92 Å². The van der Waals surface area contributed by atoms with Gasteiger partial charge in [-0.1, -0.05) is 37.3 Å². The third-order valence-electron chi connectivity index (χ3n) is 4.17. The number of hydrogen-bond acceptors (Lipinski definition) is 4. The summed E-state index contributed by atoms with van der Waals surface area (Å²) in [5, 5.41) is 5.57. The number of nitrogens with two attached hydrogens (primary N) is 1. The highest BCUT2D eigenvalue weighted by Gasteiger charge is 2.16. The van der Waals surface area contributed by atoms with Crippen LogP contribution < -0.4 is 21.1 Å². The SMILES string of the molecule is COc1ccccc1CC(C)CC(=O)Nc1ccccc1C(=O)NCCN. The molecule has 0 fully saturated rings. The van der Waals surface area contributed by atoms with E-state index in [9.17, 15) is 9.59 Å². The monoisotopic (exact) mass is 369 g/mol. The maximum atomic E-state index is 12.5. The Hall–Kier alpha value is -2.86. The second-order valence-corrected chi connectivity index (χ2v) is 6.46. The summed E-state index contributed by atoms with van der Waals surface area (Å²) in [6.07, 6.45) is 1.08. The Labute approximate surface area is 160 Å². The molecule has 2 aromatic carbocycles. The Morgan fingerprint density at radius 1 is 1.11 bits per heavy atom. The van der Waals surface area contributed by atoms with Gasteiger partial charge in [0, 0.05) is 19.5 Å². The van der Waals surface area contributed by atoms with Crippen molar-refractivity contribution in [2.75, 3.05) is 25.5 Å². The second-order valence-electron chi connectivity index (χ2n) is 6.46. The van der Waals surface area contributed by atoms with E-state index in [1.54, 1.807) is 31.4 Å². The van der Waals surface area contributed by atoms with Gasteiger partial charge in [-0.2, -0.15) is 0 Å². The summed E-state index contributed by atoms with van der Waals surface area (Å²) in [4.78, 5) is 24.7. The van der Waals surface area contributed by atoms with E-state index in [1.165, 1.54) is 0 Å². The van der Waals surface area contributed by atoms with Crippen molar-refractivity contribution in [3.05, 3.63) is 59.7 Å². The lowest BCUT2D eigenvalue weighted by Crippen LogP contribution is -2.30. The quantitative estimate of drug-likeness (QED) is 0.633. The van der Waals surface area contributed by atoms with Gasteiger partial charge >= 0.3 is 0 Å². The molecule has 6 nitrogen and oxygen atoms in total. The van der Waals surface area contributed by atoms with Crippen LogP contribution in [0.25, 0.3) is 0 Å². The van der Waals surface area contributed by atoms with Gasteiger partial charge in [-0.05, 0) is 36.1 Å². The molecular weight excluding hydrogens is 342 g/mol. The largest absolute Gasteiger partial charge is 0.496 e.